The molecule has 0 spiro atoms. The predicted octanol–water partition coefficient (Wildman–Crippen LogP) is 5.21. The lowest BCUT2D eigenvalue weighted by molar-refractivity contribution is 0.0931. The van der Waals surface area contributed by atoms with Gasteiger partial charge in [-0.25, -0.2) is 0 Å². The van der Waals surface area contributed by atoms with E-state index in [4.69, 9.17) is 4.74 Å². The van der Waals surface area contributed by atoms with Gasteiger partial charge in [0.05, 0.1) is 12.6 Å². The highest BCUT2D eigenvalue weighted by molar-refractivity contribution is 6.10. The maximum absolute atomic E-state index is 13.7. The zero-order valence-corrected chi connectivity index (χ0v) is 16.0. The van der Waals surface area contributed by atoms with Crippen LogP contribution in [0.5, 0.6) is 5.75 Å². The molecule has 0 saturated carbocycles. The van der Waals surface area contributed by atoms with E-state index in [2.05, 4.69) is 16.4 Å². The molecular weight excluding hydrogens is 360 g/mol. The zero-order valence-electron chi connectivity index (χ0n) is 16.0. The summed E-state index contributed by atoms with van der Waals surface area (Å²) in [6, 6.07) is 25.5. The standard InChI is InChI=1S/C25H22N2O2/c28-25(20-16-26-21-12-6-4-10-18(20)21)24(17-8-2-1-3-9-17)27-22-14-15-29-23-13-7-5-11-19(22)23/h1-13,16,22,24,26-27H,14-15H2/t22-,24-/m0/s1. The Balaban J connectivity index is 1.54. The van der Waals surface area contributed by atoms with Crippen LogP contribution in [0.25, 0.3) is 10.9 Å². The second-order valence-corrected chi connectivity index (χ2v) is 7.35. The fourth-order valence-electron chi connectivity index (χ4n) is 4.12. The summed E-state index contributed by atoms with van der Waals surface area (Å²) in [5.41, 5.74) is 3.75. The van der Waals surface area contributed by atoms with Gasteiger partial charge in [0.15, 0.2) is 5.78 Å². The molecule has 0 unspecified atom stereocenters. The summed E-state index contributed by atoms with van der Waals surface area (Å²) in [6.07, 6.45) is 2.64. The first-order valence-corrected chi connectivity index (χ1v) is 9.94. The first kappa shape index (κ1) is 17.7. The van der Waals surface area contributed by atoms with Crippen molar-refractivity contribution in [3.05, 3.63) is 102 Å². The number of ketones is 1. The van der Waals surface area contributed by atoms with Crippen molar-refractivity contribution in [2.75, 3.05) is 6.61 Å². The first-order valence-electron chi connectivity index (χ1n) is 9.94. The Bertz CT molecular complexity index is 1150. The molecule has 0 saturated heterocycles. The third kappa shape index (κ3) is 3.32. The fourth-order valence-corrected chi connectivity index (χ4v) is 4.12. The van der Waals surface area contributed by atoms with Crippen LogP contribution in [0.15, 0.2) is 85.1 Å². The smallest absolute Gasteiger partial charge is 0.186 e. The van der Waals surface area contributed by atoms with Crippen LogP contribution in [-0.2, 0) is 0 Å². The number of Topliss-reactive ketones (excluding diaryl/α,β-unsaturated/α-hetero) is 1. The summed E-state index contributed by atoms with van der Waals surface area (Å²) >= 11 is 0. The monoisotopic (exact) mass is 382 g/mol. The molecule has 4 nitrogen and oxygen atoms in total. The van der Waals surface area contributed by atoms with Crippen LogP contribution in [0.1, 0.15) is 40.0 Å². The van der Waals surface area contributed by atoms with E-state index in [-0.39, 0.29) is 11.8 Å². The van der Waals surface area contributed by atoms with Crippen molar-refractivity contribution in [3.8, 4) is 5.75 Å². The Kier molecular flexibility index (Phi) is 4.62. The number of nitrogens with one attached hydrogen (secondary N) is 2. The number of hydrogen-bond acceptors (Lipinski definition) is 3. The van der Waals surface area contributed by atoms with Crippen molar-refractivity contribution in [3.63, 3.8) is 0 Å². The molecule has 1 aliphatic rings. The Hall–Kier alpha value is -3.37. The number of aromatic amines is 1. The summed E-state index contributed by atoms with van der Waals surface area (Å²) in [5.74, 6) is 0.959. The lowest BCUT2D eigenvalue weighted by Gasteiger charge is -2.30. The number of aromatic nitrogens is 1. The van der Waals surface area contributed by atoms with E-state index in [0.29, 0.717) is 12.2 Å². The topological polar surface area (TPSA) is 54.1 Å². The number of para-hydroxylation sites is 2. The average molecular weight is 382 g/mol. The van der Waals surface area contributed by atoms with Gasteiger partial charge in [-0.3, -0.25) is 10.1 Å². The molecule has 0 amide bonds. The number of carbonyl (C=O) groups excluding carboxylic acids is 1. The van der Waals surface area contributed by atoms with Crippen LogP contribution in [0.4, 0.5) is 0 Å². The van der Waals surface area contributed by atoms with Crippen LogP contribution in [0, 0.1) is 0 Å². The Morgan fingerprint density at radius 2 is 1.72 bits per heavy atom. The van der Waals surface area contributed by atoms with Crippen molar-refractivity contribution >= 4 is 16.7 Å². The minimum absolute atomic E-state index is 0.0549. The maximum Gasteiger partial charge on any atom is 0.186 e. The predicted molar refractivity (Wildman–Crippen MR) is 114 cm³/mol. The van der Waals surface area contributed by atoms with Gasteiger partial charge >= 0.3 is 0 Å². The highest BCUT2D eigenvalue weighted by Gasteiger charge is 2.29. The number of carbonyl (C=O) groups is 1. The van der Waals surface area contributed by atoms with E-state index in [1.165, 1.54) is 0 Å². The molecule has 144 valence electrons. The lowest BCUT2D eigenvalue weighted by Crippen LogP contribution is -2.34. The van der Waals surface area contributed by atoms with Gasteiger partial charge in [0.25, 0.3) is 0 Å². The summed E-state index contributed by atoms with van der Waals surface area (Å²) in [7, 11) is 0. The molecule has 2 heterocycles. The molecule has 5 rings (SSSR count). The van der Waals surface area contributed by atoms with Crippen LogP contribution in [0.3, 0.4) is 0 Å². The SMILES string of the molecule is O=C(c1c[nH]c2ccccc12)[C@@H](N[C@H]1CCOc2ccccc21)c1ccccc1. The number of benzene rings is 3. The van der Waals surface area contributed by atoms with E-state index in [1.54, 1.807) is 0 Å². The molecule has 3 aromatic carbocycles. The zero-order chi connectivity index (χ0) is 19.6. The van der Waals surface area contributed by atoms with E-state index >= 15 is 0 Å². The molecule has 0 radical (unpaired) electrons. The molecule has 1 aliphatic heterocycles. The van der Waals surface area contributed by atoms with E-state index < -0.39 is 6.04 Å². The lowest BCUT2D eigenvalue weighted by atomic mass is 9.93. The minimum Gasteiger partial charge on any atom is -0.493 e. The average Bonchev–Trinajstić information content (AvgIpc) is 3.22. The Labute approximate surface area is 169 Å². The number of fused-ring (bicyclic) bond motifs is 2. The van der Waals surface area contributed by atoms with Crippen molar-refractivity contribution in [2.45, 2.75) is 18.5 Å². The number of H-pyrrole nitrogens is 1. The summed E-state index contributed by atoms with van der Waals surface area (Å²) in [6.45, 7) is 0.636. The third-order valence-electron chi connectivity index (χ3n) is 5.58. The number of hydrogen-bond donors (Lipinski definition) is 2. The van der Waals surface area contributed by atoms with E-state index in [9.17, 15) is 4.79 Å². The Morgan fingerprint density at radius 1 is 0.966 bits per heavy atom. The van der Waals surface area contributed by atoms with Gasteiger partial charge in [-0.1, -0.05) is 66.7 Å². The fraction of sp³-hybridized carbons (Fsp3) is 0.160. The number of ether oxygens (including phenoxy) is 1. The van der Waals surface area contributed by atoms with Gasteiger partial charge in [-0.15, -0.1) is 0 Å². The molecule has 4 aromatic rings. The molecular formula is C25H22N2O2. The third-order valence-corrected chi connectivity index (χ3v) is 5.58. The molecule has 0 bridgehead atoms. The highest BCUT2D eigenvalue weighted by Crippen LogP contribution is 2.34. The van der Waals surface area contributed by atoms with Crippen molar-refractivity contribution < 1.29 is 9.53 Å². The molecule has 29 heavy (non-hydrogen) atoms. The molecule has 4 heteroatoms. The normalized spacial score (nSPS) is 16.8. The maximum atomic E-state index is 13.7. The van der Waals surface area contributed by atoms with Gasteiger partial charge in [0.1, 0.15) is 5.75 Å². The van der Waals surface area contributed by atoms with Gasteiger partial charge < -0.3 is 9.72 Å². The Morgan fingerprint density at radius 3 is 2.62 bits per heavy atom. The second kappa shape index (κ2) is 7.57. The van der Waals surface area contributed by atoms with Crippen LogP contribution >= 0.6 is 0 Å². The molecule has 0 fully saturated rings. The molecule has 0 aliphatic carbocycles. The number of rotatable bonds is 5. The van der Waals surface area contributed by atoms with Crippen LogP contribution in [-0.4, -0.2) is 17.4 Å². The summed E-state index contributed by atoms with van der Waals surface area (Å²) in [4.78, 5) is 16.9. The second-order valence-electron chi connectivity index (χ2n) is 7.35. The highest BCUT2D eigenvalue weighted by atomic mass is 16.5. The first-order chi connectivity index (χ1) is 14.3. The van der Waals surface area contributed by atoms with Crippen LogP contribution < -0.4 is 10.1 Å². The minimum atomic E-state index is -0.438. The van der Waals surface area contributed by atoms with E-state index in [1.807, 2.05) is 79.0 Å². The van der Waals surface area contributed by atoms with Crippen molar-refractivity contribution in [1.82, 2.24) is 10.3 Å². The molecule has 1 aromatic heterocycles. The van der Waals surface area contributed by atoms with Gasteiger partial charge in [0, 0.05) is 40.7 Å². The van der Waals surface area contributed by atoms with Gasteiger partial charge in [-0.2, -0.15) is 0 Å². The largest absolute Gasteiger partial charge is 0.493 e. The van der Waals surface area contributed by atoms with Crippen molar-refractivity contribution in [1.29, 1.82) is 0 Å². The van der Waals surface area contributed by atoms with Crippen LogP contribution in [0.2, 0.25) is 0 Å². The van der Waals surface area contributed by atoms with Crippen molar-refractivity contribution in [2.24, 2.45) is 0 Å². The summed E-state index contributed by atoms with van der Waals surface area (Å²) in [5, 5.41) is 4.59. The van der Waals surface area contributed by atoms with Gasteiger partial charge in [0.2, 0.25) is 0 Å². The quantitative estimate of drug-likeness (QED) is 0.466. The van der Waals surface area contributed by atoms with Gasteiger partial charge in [-0.05, 0) is 17.7 Å². The molecule has 2 N–H and O–H groups in total. The summed E-state index contributed by atoms with van der Waals surface area (Å²) < 4.78 is 5.80. The molecule has 2 atom stereocenters. The van der Waals surface area contributed by atoms with E-state index in [0.717, 1.165) is 34.2 Å².